The van der Waals surface area contributed by atoms with Crippen molar-refractivity contribution in [1.82, 2.24) is 14.6 Å². The van der Waals surface area contributed by atoms with Gasteiger partial charge in [-0.05, 0) is 67.7 Å². The fourth-order valence-electron chi connectivity index (χ4n) is 7.69. The highest BCUT2D eigenvalue weighted by Gasteiger charge is 2.66. The summed E-state index contributed by atoms with van der Waals surface area (Å²) in [7, 11) is -6.90. The summed E-state index contributed by atoms with van der Waals surface area (Å²) in [6.07, 6.45) is 6.84. The molecule has 2 bridgehead atoms. The quantitative estimate of drug-likeness (QED) is 0.387. The molecule has 2 saturated carbocycles. The van der Waals surface area contributed by atoms with Crippen molar-refractivity contribution in [1.29, 1.82) is 0 Å². The summed E-state index contributed by atoms with van der Waals surface area (Å²) in [5, 5.41) is 6.40. The van der Waals surface area contributed by atoms with E-state index in [1.54, 1.807) is 28.8 Å². The topological polar surface area (TPSA) is 129 Å². The van der Waals surface area contributed by atoms with Gasteiger partial charge in [-0.2, -0.15) is 4.31 Å². The third kappa shape index (κ3) is 6.56. The first kappa shape index (κ1) is 31.7. The smallest absolute Gasteiger partial charge is 0.242 e. The number of rotatable bonds is 11. The Morgan fingerprint density at radius 2 is 1.72 bits per heavy atom. The van der Waals surface area contributed by atoms with Gasteiger partial charge in [-0.25, -0.2) is 16.8 Å². The number of amides is 1. The van der Waals surface area contributed by atoms with Crippen LogP contribution in [0.25, 0.3) is 0 Å². The summed E-state index contributed by atoms with van der Waals surface area (Å²) in [6, 6.07) is 10.5. The number of carbonyl (C=O) groups excluding carboxylic acids is 1. The number of sulfonamides is 1. The summed E-state index contributed by atoms with van der Waals surface area (Å²) < 4.78 is 53.7. The van der Waals surface area contributed by atoms with Gasteiger partial charge in [0.15, 0.2) is 0 Å². The number of hydrogen-bond donors (Lipinski definition) is 2. The van der Waals surface area contributed by atoms with Crippen molar-refractivity contribution in [2.45, 2.75) is 58.5 Å². The number of nitrogens with one attached hydrogen (secondary N) is 2. The van der Waals surface area contributed by atoms with Crippen molar-refractivity contribution in [3.63, 3.8) is 0 Å². The molecule has 2 N–H and O–H groups in total. The molecule has 12 heteroatoms. The molecule has 3 fully saturated rings. The molecule has 1 saturated heterocycles. The Hall–Kier alpha value is -2.70. The van der Waals surface area contributed by atoms with Gasteiger partial charge in [0.2, 0.25) is 15.9 Å². The van der Waals surface area contributed by atoms with Crippen LogP contribution in [0.3, 0.4) is 0 Å². The van der Waals surface area contributed by atoms with Crippen LogP contribution in [0.2, 0.25) is 0 Å². The van der Waals surface area contributed by atoms with E-state index in [1.807, 2.05) is 12.1 Å². The lowest BCUT2D eigenvalue weighted by Crippen LogP contribution is -2.57. The maximum atomic E-state index is 14.1. The number of anilines is 2. The predicted molar refractivity (Wildman–Crippen MR) is 170 cm³/mol. The molecule has 1 amide bonds. The number of piperazine rings is 1. The summed E-state index contributed by atoms with van der Waals surface area (Å²) in [4.78, 5) is 20.0. The predicted octanol–water partition coefficient (Wildman–Crippen LogP) is 3.07. The molecule has 236 valence electrons. The van der Waals surface area contributed by atoms with Gasteiger partial charge in [0.25, 0.3) is 0 Å². The van der Waals surface area contributed by atoms with Gasteiger partial charge in [-0.1, -0.05) is 32.0 Å². The Kier molecular flexibility index (Phi) is 8.85. The maximum absolute atomic E-state index is 14.1. The lowest BCUT2D eigenvalue weighted by atomic mass is 9.69. The van der Waals surface area contributed by atoms with Crippen LogP contribution in [-0.2, 0) is 24.7 Å². The van der Waals surface area contributed by atoms with Crippen LogP contribution in [0.15, 0.2) is 48.8 Å². The molecule has 10 nitrogen and oxygen atoms in total. The number of sulfone groups is 1. The second-order valence-corrected chi connectivity index (χ2v) is 17.4. The number of aryl methyl sites for hydroxylation is 1. The fourth-order valence-corrected chi connectivity index (χ4v) is 10.6. The van der Waals surface area contributed by atoms with Gasteiger partial charge in [-0.3, -0.25) is 9.78 Å². The summed E-state index contributed by atoms with van der Waals surface area (Å²) in [5.41, 5.74) is 2.09. The Morgan fingerprint density at radius 1 is 1.05 bits per heavy atom. The van der Waals surface area contributed by atoms with E-state index in [0.29, 0.717) is 44.2 Å². The van der Waals surface area contributed by atoms with Gasteiger partial charge in [0, 0.05) is 67.7 Å². The van der Waals surface area contributed by atoms with Crippen LogP contribution in [0.1, 0.15) is 45.1 Å². The zero-order valence-corrected chi connectivity index (χ0v) is 27.3. The first-order chi connectivity index (χ1) is 20.2. The molecule has 0 radical (unpaired) electrons. The van der Waals surface area contributed by atoms with Crippen LogP contribution in [-0.4, -0.2) is 88.1 Å². The zero-order valence-electron chi connectivity index (χ0n) is 25.6. The fraction of sp³-hybridized carbons (Fsp3) is 0.613. The third-order valence-corrected chi connectivity index (χ3v) is 13.4. The minimum atomic E-state index is -3.61. The Balaban J connectivity index is 1.32. The minimum Gasteiger partial charge on any atom is -0.374 e. The molecule has 4 atom stereocenters. The Labute approximate surface area is 256 Å². The molecule has 43 heavy (non-hydrogen) atoms. The van der Waals surface area contributed by atoms with E-state index in [1.165, 1.54) is 5.56 Å². The number of hydrogen-bond acceptors (Lipinski definition) is 8. The number of para-hydroxylation sites is 1. The van der Waals surface area contributed by atoms with E-state index in [9.17, 15) is 21.6 Å². The standard InChI is InChI=1S/C31H45N5O5S2/c1-23-7-5-6-8-27(23)35-16-18-36(19-17-35)43(40,41)22-31-13-9-24(30(31,2)3)21-28(31)34-29(37)26(12-20-42(4,38)39)33-25-10-14-32-15-11-25/h5-8,10-11,14-15,24,26,28H,9,12-13,16-22H2,1-4H3,(H,32,33)(H,34,37)/t24?,26-,28?,31?/m0/s1. The molecule has 3 aliphatic rings. The molecular weight excluding hydrogens is 587 g/mol. The average Bonchev–Trinajstić information content (AvgIpc) is 3.30. The van der Waals surface area contributed by atoms with Crippen molar-refractivity contribution in [3.8, 4) is 0 Å². The summed E-state index contributed by atoms with van der Waals surface area (Å²) >= 11 is 0. The molecule has 2 heterocycles. The summed E-state index contributed by atoms with van der Waals surface area (Å²) in [6.45, 7) is 8.49. The Morgan fingerprint density at radius 3 is 2.35 bits per heavy atom. The zero-order chi connectivity index (χ0) is 31.0. The third-order valence-electron chi connectivity index (χ3n) is 10.4. The van der Waals surface area contributed by atoms with Crippen molar-refractivity contribution in [2.24, 2.45) is 16.7 Å². The maximum Gasteiger partial charge on any atom is 0.242 e. The number of nitrogens with zero attached hydrogens (tertiary/aromatic N) is 3. The minimum absolute atomic E-state index is 0.00932. The normalized spacial score (nSPS) is 26.3. The molecule has 1 aliphatic heterocycles. The van der Waals surface area contributed by atoms with E-state index >= 15 is 0 Å². The van der Waals surface area contributed by atoms with Crippen LogP contribution >= 0.6 is 0 Å². The lowest BCUT2D eigenvalue weighted by molar-refractivity contribution is -0.123. The first-order valence-corrected chi connectivity index (χ1v) is 18.8. The van der Waals surface area contributed by atoms with Gasteiger partial charge < -0.3 is 15.5 Å². The van der Waals surface area contributed by atoms with Gasteiger partial charge in [0.05, 0.1) is 11.5 Å². The molecular formula is C31H45N5O5S2. The molecule has 0 spiro atoms. The largest absolute Gasteiger partial charge is 0.374 e. The monoisotopic (exact) mass is 631 g/mol. The van der Waals surface area contributed by atoms with E-state index in [0.717, 1.165) is 24.8 Å². The van der Waals surface area contributed by atoms with Crippen molar-refractivity contribution < 1.29 is 21.6 Å². The van der Waals surface area contributed by atoms with E-state index in [2.05, 4.69) is 53.4 Å². The second kappa shape index (κ2) is 12.0. The highest BCUT2D eigenvalue weighted by atomic mass is 32.2. The number of aromatic nitrogens is 1. The van der Waals surface area contributed by atoms with Crippen LogP contribution < -0.4 is 15.5 Å². The van der Waals surface area contributed by atoms with Crippen LogP contribution in [0.4, 0.5) is 11.4 Å². The SMILES string of the molecule is Cc1ccccc1N1CCN(S(=O)(=O)CC23CCC(CC2NC(=O)[C@H](CCS(C)(=O)=O)Nc2ccncc2)C3(C)C)CC1. The number of benzene rings is 1. The second-order valence-electron chi connectivity index (χ2n) is 13.2. The Bertz CT molecular complexity index is 1520. The van der Waals surface area contributed by atoms with Crippen molar-refractivity contribution >= 4 is 37.1 Å². The highest BCUT2D eigenvalue weighted by Crippen LogP contribution is 2.66. The molecule has 5 rings (SSSR count). The first-order valence-electron chi connectivity index (χ1n) is 15.1. The van der Waals surface area contributed by atoms with Gasteiger partial charge in [-0.15, -0.1) is 0 Å². The summed E-state index contributed by atoms with van der Waals surface area (Å²) in [5.74, 6) is -0.161. The lowest BCUT2D eigenvalue weighted by Gasteiger charge is -2.44. The number of pyridine rings is 1. The van der Waals surface area contributed by atoms with Gasteiger partial charge in [0.1, 0.15) is 15.9 Å². The van der Waals surface area contributed by atoms with Crippen molar-refractivity contribution in [3.05, 3.63) is 54.4 Å². The van der Waals surface area contributed by atoms with E-state index in [-0.39, 0.29) is 35.3 Å². The highest BCUT2D eigenvalue weighted by molar-refractivity contribution is 7.90. The molecule has 2 aromatic rings. The van der Waals surface area contributed by atoms with Crippen LogP contribution in [0.5, 0.6) is 0 Å². The number of carbonyl (C=O) groups is 1. The van der Waals surface area contributed by atoms with Gasteiger partial charge >= 0.3 is 0 Å². The van der Waals surface area contributed by atoms with Crippen LogP contribution in [0, 0.1) is 23.7 Å². The molecule has 1 aromatic heterocycles. The molecule has 2 aliphatic carbocycles. The number of fused-ring (bicyclic) bond motifs is 2. The van der Waals surface area contributed by atoms with E-state index < -0.39 is 31.3 Å². The van der Waals surface area contributed by atoms with Crippen molar-refractivity contribution in [2.75, 3.05) is 54.2 Å². The molecule has 1 aromatic carbocycles. The van der Waals surface area contributed by atoms with E-state index in [4.69, 9.17) is 0 Å². The molecule has 3 unspecified atom stereocenters. The average molecular weight is 632 g/mol.